The lowest BCUT2D eigenvalue weighted by atomic mass is 10.1. The Balaban J connectivity index is 1.37. The number of piperazine rings is 1. The lowest BCUT2D eigenvalue weighted by Crippen LogP contribution is -2.56. The van der Waals surface area contributed by atoms with Crippen LogP contribution >= 0.6 is 11.6 Å². The monoisotopic (exact) mass is 484 g/mol. The minimum Gasteiger partial charge on any atom is -0.383 e. The highest BCUT2D eigenvalue weighted by Gasteiger charge is 2.37. The zero-order valence-electron chi connectivity index (χ0n) is 17.7. The fraction of sp³-hybridized carbons (Fsp3) is 0.227. The number of hydrogen-bond acceptors (Lipinski definition) is 6. The number of nitrogens with two attached hydrogens (primary N) is 1. The van der Waals surface area contributed by atoms with Crippen LogP contribution in [0.15, 0.2) is 53.8 Å². The van der Waals surface area contributed by atoms with Gasteiger partial charge in [0.05, 0.1) is 12.1 Å². The van der Waals surface area contributed by atoms with Crippen molar-refractivity contribution in [3.05, 3.63) is 59.4 Å². The molecule has 0 spiro atoms. The Morgan fingerprint density at radius 1 is 1.18 bits per heavy atom. The number of nitrogens with zero attached hydrogens (tertiary/aromatic N) is 4. The van der Waals surface area contributed by atoms with Crippen LogP contribution in [0.1, 0.15) is 12.5 Å². The summed E-state index contributed by atoms with van der Waals surface area (Å²) in [6, 6.07) is 11.9. The van der Waals surface area contributed by atoms with E-state index < -0.39 is 10.0 Å². The summed E-state index contributed by atoms with van der Waals surface area (Å²) in [5.74, 6) is 0.132. The van der Waals surface area contributed by atoms with Crippen LogP contribution in [0.5, 0.6) is 0 Å². The molecule has 5 rings (SSSR count). The maximum Gasteiger partial charge on any atom is 0.259 e. The third kappa shape index (κ3) is 3.90. The molecule has 1 fully saturated rings. The molecule has 3 N–H and O–H groups in total. The Morgan fingerprint density at radius 3 is 2.79 bits per heavy atom. The summed E-state index contributed by atoms with van der Waals surface area (Å²) >= 11 is 6.01. The van der Waals surface area contributed by atoms with E-state index in [2.05, 4.69) is 15.0 Å². The predicted molar refractivity (Wildman–Crippen MR) is 126 cm³/mol. The van der Waals surface area contributed by atoms with Gasteiger partial charge in [0.25, 0.3) is 10.0 Å². The van der Waals surface area contributed by atoms with Crippen LogP contribution in [0.2, 0.25) is 5.02 Å². The zero-order chi connectivity index (χ0) is 23.3. The third-order valence-corrected chi connectivity index (χ3v) is 7.86. The van der Waals surface area contributed by atoms with Crippen molar-refractivity contribution in [3.8, 4) is 0 Å². The van der Waals surface area contributed by atoms with Gasteiger partial charge in [0.1, 0.15) is 17.2 Å². The number of benzene rings is 2. The average molecular weight is 485 g/mol. The Kier molecular flexibility index (Phi) is 5.23. The van der Waals surface area contributed by atoms with Crippen LogP contribution in [-0.2, 0) is 21.4 Å². The summed E-state index contributed by atoms with van der Waals surface area (Å²) in [6.07, 6.45) is 1.40. The number of anilines is 1. The lowest BCUT2D eigenvalue weighted by Gasteiger charge is -2.38. The highest BCUT2D eigenvalue weighted by atomic mass is 35.5. The summed E-state index contributed by atoms with van der Waals surface area (Å²) < 4.78 is 27.7. The van der Waals surface area contributed by atoms with E-state index in [1.807, 2.05) is 25.1 Å². The minimum atomic E-state index is -3.88. The van der Waals surface area contributed by atoms with Crippen molar-refractivity contribution in [2.45, 2.75) is 24.5 Å². The third-order valence-electron chi connectivity index (χ3n) is 5.89. The smallest absolute Gasteiger partial charge is 0.259 e. The number of hydrogen-bond donors (Lipinski definition) is 2. The van der Waals surface area contributed by atoms with E-state index in [1.54, 1.807) is 29.2 Å². The summed E-state index contributed by atoms with van der Waals surface area (Å²) in [4.78, 5) is 25.8. The number of amides is 1. The molecule has 3 heterocycles. The number of H-pyrrole nitrogens is 1. The van der Waals surface area contributed by atoms with E-state index in [9.17, 15) is 13.2 Å². The first-order valence-electron chi connectivity index (χ1n) is 10.3. The Morgan fingerprint density at radius 2 is 2.00 bits per heavy atom. The van der Waals surface area contributed by atoms with Crippen molar-refractivity contribution >= 4 is 55.2 Å². The number of rotatable bonds is 4. The molecule has 1 amide bonds. The zero-order valence-corrected chi connectivity index (χ0v) is 19.3. The second-order valence-corrected chi connectivity index (χ2v) is 10.5. The molecule has 0 aliphatic carbocycles. The van der Waals surface area contributed by atoms with E-state index in [0.717, 1.165) is 16.3 Å². The molecule has 4 aromatic rings. The maximum atomic E-state index is 13.2. The van der Waals surface area contributed by atoms with Crippen LogP contribution in [0, 0.1) is 0 Å². The molecule has 2 aromatic carbocycles. The fourth-order valence-electron chi connectivity index (χ4n) is 4.14. The van der Waals surface area contributed by atoms with Crippen LogP contribution in [0.3, 0.4) is 0 Å². The number of nitrogen functional groups attached to an aromatic ring is 1. The molecule has 33 heavy (non-hydrogen) atoms. The Labute approximate surface area is 195 Å². The van der Waals surface area contributed by atoms with Gasteiger partial charge >= 0.3 is 0 Å². The molecule has 0 unspecified atom stereocenters. The van der Waals surface area contributed by atoms with Crippen LogP contribution < -0.4 is 5.73 Å². The molecule has 9 nitrogen and oxygen atoms in total. The van der Waals surface area contributed by atoms with Crippen molar-refractivity contribution in [2.24, 2.45) is 0 Å². The van der Waals surface area contributed by atoms with Gasteiger partial charge in [0.2, 0.25) is 5.91 Å². The molecule has 0 radical (unpaired) electrons. The quantitative estimate of drug-likeness (QED) is 0.458. The van der Waals surface area contributed by atoms with Crippen molar-refractivity contribution in [3.63, 3.8) is 0 Å². The van der Waals surface area contributed by atoms with Crippen molar-refractivity contribution < 1.29 is 13.2 Å². The number of nitrogens with one attached hydrogen (secondary N) is 1. The number of sulfonamides is 1. The van der Waals surface area contributed by atoms with Gasteiger partial charge in [-0.15, -0.1) is 0 Å². The van der Waals surface area contributed by atoms with Crippen molar-refractivity contribution in [2.75, 3.05) is 18.8 Å². The number of carbonyl (C=O) groups is 1. The van der Waals surface area contributed by atoms with E-state index in [1.165, 1.54) is 10.6 Å². The first-order chi connectivity index (χ1) is 15.7. The second kappa shape index (κ2) is 7.98. The van der Waals surface area contributed by atoms with Crippen molar-refractivity contribution in [1.82, 2.24) is 24.2 Å². The van der Waals surface area contributed by atoms with Gasteiger partial charge in [0, 0.05) is 40.4 Å². The second-order valence-electron chi connectivity index (χ2n) is 8.14. The maximum absolute atomic E-state index is 13.2. The minimum absolute atomic E-state index is 0.0417. The topological polar surface area (TPSA) is 125 Å². The fourth-order valence-corrected chi connectivity index (χ4v) is 5.80. The van der Waals surface area contributed by atoms with Crippen molar-refractivity contribution in [1.29, 1.82) is 0 Å². The van der Waals surface area contributed by atoms with Gasteiger partial charge in [-0.25, -0.2) is 18.4 Å². The molecule has 170 valence electrons. The Hall–Kier alpha value is -3.21. The van der Waals surface area contributed by atoms with Gasteiger partial charge in [0.15, 0.2) is 0 Å². The standard InChI is InChI=1S/C22H21ClN6O3S/c1-13-9-28(33(31,32)20-7-15-3-4-16(23)8-18(15)27-20)11-21(30)29(13)10-14-2-5-17-19(6-14)25-12-26-22(17)24/h2-8,12-13,27H,9-11H2,1H3,(H2,24,25,26)/t13-/m1/s1. The molecule has 0 saturated carbocycles. The molecule has 1 saturated heterocycles. The predicted octanol–water partition coefficient (Wildman–Crippen LogP) is 2.77. The lowest BCUT2D eigenvalue weighted by molar-refractivity contribution is -0.137. The molecular formula is C22H21ClN6O3S. The summed E-state index contributed by atoms with van der Waals surface area (Å²) in [6.45, 7) is 2.14. The molecule has 1 atom stereocenters. The number of aromatic amines is 1. The largest absolute Gasteiger partial charge is 0.383 e. The molecule has 1 aliphatic heterocycles. The van der Waals surface area contributed by atoms with Gasteiger partial charge < -0.3 is 15.6 Å². The van der Waals surface area contributed by atoms with E-state index in [-0.39, 0.29) is 30.1 Å². The van der Waals surface area contributed by atoms with Gasteiger partial charge in [-0.05, 0) is 42.8 Å². The SMILES string of the molecule is C[C@@H]1CN(S(=O)(=O)c2cc3ccc(Cl)cc3[nH]2)CC(=O)N1Cc1ccc2c(N)ncnc2c1. The highest BCUT2D eigenvalue weighted by molar-refractivity contribution is 7.89. The summed E-state index contributed by atoms with van der Waals surface area (Å²) in [5.41, 5.74) is 8.08. The number of carbonyl (C=O) groups excluding carboxylic acids is 1. The molecule has 11 heteroatoms. The van der Waals surface area contributed by atoms with Crippen LogP contribution in [0.4, 0.5) is 5.82 Å². The summed E-state index contributed by atoms with van der Waals surface area (Å²) in [5, 5.41) is 2.03. The first kappa shape index (κ1) is 21.6. The normalized spacial score (nSPS) is 17.8. The number of halogens is 1. The Bertz CT molecular complexity index is 1500. The molecule has 1 aliphatic rings. The summed E-state index contributed by atoms with van der Waals surface area (Å²) in [7, 11) is -3.88. The van der Waals surface area contributed by atoms with Crippen LogP contribution in [-0.4, -0.2) is 57.6 Å². The van der Waals surface area contributed by atoms with Crippen LogP contribution in [0.25, 0.3) is 21.8 Å². The number of aromatic nitrogens is 3. The van der Waals surface area contributed by atoms with E-state index >= 15 is 0 Å². The van der Waals surface area contributed by atoms with E-state index in [0.29, 0.717) is 28.4 Å². The van der Waals surface area contributed by atoms with Gasteiger partial charge in [-0.2, -0.15) is 4.31 Å². The number of fused-ring (bicyclic) bond motifs is 2. The molecule has 2 aromatic heterocycles. The van der Waals surface area contributed by atoms with Gasteiger partial charge in [-0.3, -0.25) is 4.79 Å². The van der Waals surface area contributed by atoms with Gasteiger partial charge in [-0.1, -0.05) is 23.7 Å². The molecule has 0 bridgehead atoms. The van der Waals surface area contributed by atoms with E-state index in [4.69, 9.17) is 17.3 Å². The average Bonchev–Trinajstić information content (AvgIpc) is 3.20. The highest BCUT2D eigenvalue weighted by Crippen LogP contribution is 2.27. The molecular weight excluding hydrogens is 464 g/mol. The first-order valence-corrected chi connectivity index (χ1v) is 12.1.